The smallest absolute Gasteiger partial charge is 0.237 e. The zero-order valence-corrected chi connectivity index (χ0v) is 17.2. The Kier molecular flexibility index (Phi) is 6.01. The van der Waals surface area contributed by atoms with Gasteiger partial charge in [-0.05, 0) is 31.7 Å². The van der Waals surface area contributed by atoms with E-state index >= 15 is 0 Å². The number of piperazine rings is 1. The summed E-state index contributed by atoms with van der Waals surface area (Å²) in [6.45, 7) is 6.39. The number of nitrogens with one attached hydrogen (secondary N) is 1. The largest absolute Gasteiger partial charge is 0.370 e. The van der Waals surface area contributed by atoms with Crippen molar-refractivity contribution < 1.29 is 14.3 Å². The van der Waals surface area contributed by atoms with Crippen LogP contribution in [0.5, 0.6) is 0 Å². The molecule has 0 saturated carbocycles. The van der Waals surface area contributed by atoms with E-state index in [1.807, 2.05) is 23.1 Å². The molecular formula is C23H31N3O3. The molecule has 6 heteroatoms. The van der Waals surface area contributed by atoms with Gasteiger partial charge in [0.25, 0.3) is 0 Å². The summed E-state index contributed by atoms with van der Waals surface area (Å²) in [4.78, 5) is 29.6. The molecule has 0 radical (unpaired) electrons. The highest BCUT2D eigenvalue weighted by Gasteiger charge is 2.38. The molecule has 2 saturated heterocycles. The van der Waals surface area contributed by atoms with E-state index in [0.29, 0.717) is 26.2 Å². The predicted octanol–water partition coefficient (Wildman–Crippen LogP) is 2.10. The van der Waals surface area contributed by atoms with Crippen LogP contribution in [0.4, 0.5) is 0 Å². The Labute approximate surface area is 172 Å². The van der Waals surface area contributed by atoms with Crippen LogP contribution in [-0.2, 0) is 20.9 Å². The van der Waals surface area contributed by atoms with Crippen molar-refractivity contribution in [3.8, 4) is 0 Å². The number of piperidine rings is 1. The van der Waals surface area contributed by atoms with Gasteiger partial charge < -0.3 is 15.0 Å². The third-order valence-electron chi connectivity index (χ3n) is 6.40. The minimum absolute atomic E-state index is 0.0387. The molecular weight excluding hydrogens is 366 g/mol. The van der Waals surface area contributed by atoms with E-state index in [4.69, 9.17) is 4.74 Å². The first-order valence-electron chi connectivity index (χ1n) is 10.7. The van der Waals surface area contributed by atoms with Crippen LogP contribution in [0.25, 0.3) is 0 Å². The van der Waals surface area contributed by atoms with Crippen LogP contribution in [0.3, 0.4) is 0 Å². The fraction of sp³-hybridized carbons (Fsp3) is 0.565. The lowest BCUT2D eigenvalue weighted by Gasteiger charge is -2.43. The van der Waals surface area contributed by atoms with Gasteiger partial charge in [-0.3, -0.25) is 14.5 Å². The second kappa shape index (κ2) is 8.67. The van der Waals surface area contributed by atoms with E-state index in [1.54, 1.807) is 0 Å². The van der Waals surface area contributed by atoms with Crippen LogP contribution in [0, 0.1) is 0 Å². The first kappa shape index (κ1) is 20.1. The van der Waals surface area contributed by atoms with Gasteiger partial charge in [0.15, 0.2) is 0 Å². The van der Waals surface area contributed by atoms with Crippen LogP contribution < -0.4 is 5.32 Å². The summed E-state index contributed by atoms with van der Waals surface area (Å²) in [5.41, 5.74) is 2.35. The monoisotopic (exact) mass is 397 g/mol. The predicted molar refractivity (Wildman–Crippen MR) is 111 cm³/mol. The van der Waals surface area contributed by atoms with Gasteiger partial charge in [-0.25, -0.2) is 0 Å². The molecule has 2 fully saturated rings. The highest BCUT2D eigenvalue weighted by atomic mass is 16.5. The number of likely N-dealkylation sites (tertiary alicyclic amines) is 1. The lowest BCUT2D eigenvalue weighted by molar-refractivity contribution is -0.142. The summed E-state index contributed by atoms with van der Waals surface area (Å²) in [5, 5.41) is 2.93. The van der Waals surface area contributed by atoms with Crippen molar-refractivity contribution >= 4 is 11.8 Å². The minimum Gasteiger partial charge on any atom is -0.370 e. The number of benzene rings is 1. The maximum Gasteiger partial charge on any atom is 0.237 e. The summed E-state index contributed by atoms with van der Waals surface area (Å²) in [7, 11) is 0. The van der Waals surface area contributed by atoms with Gasteiger partial charge in [-0.2, -0.15) is 0 Å². The van der Waals surface area contributed by atoms with Gasteiger partial charge in [0.05, 0.1) is 24.7 Å². The van der Waals surface area contributed by atoms with Crippen LogP contribution >= 0.6 is 0 Å². The second-order valence-electron chi connectivity index (χ2n) is 8.50. The average Bonchev–Trinajstić information content (AvgIpc) is 2.72. The van der Waals surface area contributed by atoms with E-state index < -0.39 is 6.04 Å². The fourth-order valence-electron chi connectivity index (χ4n) is 4.69. The molecule has 4 rings (SSSR count). The maximum atomic E-state index is 13.0. The van der Waals surface area contributed by atoms with Crippen molar-refractivity contribution in [1.29, 1.82) is 0 Å². The molecule has 6 nitrogen and oxygen atoms in total. The van der Waals surface area contributed by atoms with Gasteiger partial charge in [0, 0.05) is 32.7 Å². The Morgan fingerprint density at radius 2 is 1.97 bits per heavy atom. The van der Waals surface area contributed by atoms with Crippen molar-refractivity contribution in [3.63, 3.8) is 0 Å². The van der Waals surface area contributed by atoms with E-state index in [1.165, 1.54) is 5.57 Å². The number of hydrogen-bond acceptors (Lipinski definition) is 4. The molecule has 0 bridgehead atoms. The second-order valence-corrected chi connectivity index (χ2v) is 8.50. The molecule has 2 amide bonds. The molecule has 0 aliphatic carbocycles. The van der Waals surface area contributed by atoms with Crippen molar-refractivity contribution in [2.75, 3.05) is 32.8 Å². The zero-order chi connectivity index (χ0) is 20.3. The normalized spacial score (nSPS) is 24.9. The Morgan fingerprint density at radius 1 is 1.21 bits per heavy atom. The molecule has 1 aromatic carbocycles. The number of carbonyl (C=O) groups is 2. The Balaban J connectivity index is 1.37. The molecule has 1 atom stereocenters. The number of hydrogen-bond donors (Lipinski definition) is 1. The Morgan fingerprint density at radius 3 is 2.69 bits per heavy atom. The van der Waals surface area contributed by atoms with Gasteiger partial charge in [-0.1, -0.05) is 42.0 Å². The van der Waals surface area contributed by atoms with Crippen molar-refractivity contribution in [3.05, 3.63) is 47.5 Å². The molecule has 29 heavy (non-hydrogen) atoms. The van der Waals surface area contributed by atoms with E-state index in [9.17, 15) is 9.59 Å². The first-order chi connectivity index (χ1) is 14.0. The van der Waals surface area contributed by atoms with Crippen LogP contribution in [0.15, 0.2) is 42.0 Å². The Hall–Kier alpha value is -2.18. The number of carbonyl (C=O) groups excluding carboxylic acids is 2. The molecule has 1 spiro atoms. The summed E-state index contributed by atoms with van der Waals surface area (Å²) >= 11 is 0. The average molecular weight is 398 g/mol. The van der Waals surface area contributed by atoms with E-state index in [-0.39, 0.29) is 23.8 Å². The molecule has 1 unspecified atom stereocenters. The lowest BCUT2D eigenvalue weighted by atomic mass is 9.87. The summed E-state index contributed by atoms with van der Waals surface area (Å²) in [6, 6.07) is 9.73. The molecule has 3 aliphatic rings. The van der Waals surface area contributed by atoms with Crippen LogP contribution in [-0.4, -0.2) is 66.0 Å². The van der Waals surface area contributed by atoms with Crippen molar-refractivity contribution in [2.45, 2.75) is 50.8 Å². The summed E-state index contributed by atoms with van der Waals surface area (Å²) in [6.07, 6.45) is 5.16. The number of nitrogens with zero attached hydrogens (tertiary/aromatic N) is 2. The molecule has 1 aromatic rings. The molecule has 156 valence electrons. The standard InChI is InChI=1S/C23H31N3O3/c1-18-7-14-29-23(16-18)8-11-25(12-9-23)21(27)15-20-22(28)24-10-13-26(20)17-19-5-3-2-4-6-19/h2-6,16,20H,7-15,17H2,1H3,(H,24,28). The minimum atomic E-state index is -0.402. The van der Waals surface area contributed by atoms with E-state index in [2.05, 4.69) is 35.3 Å². The van der Waals surface area contributed by atoms with Gasteiger partial charge >= 0.3 is 0 Å². The molecule has 1 N–H and O–H groups in total. The highest BCUT2D eigenvalue weighted by molar-refractivity contribution is 5.88. The maximum absolute atomic E-state index is 13.0. The fourth-order valence-corrected chi connectivity index (χ4v) is 4.69. The van der Waals surface area contributed by atoms with E-state index in [0.717, 1.165) is 38.0 Å². The van der Waals surface area contributed by atoms with Gasteiger partial charge in [0.1, 0.15) is 0 Å². The summed E-state index contributed by atoms with van der Waals surface area (Å²) in [5.74, 6) is 0.0275. The SMILES string of the molecule is CC1=CC2(CCN(C(=O)CC3C(=O)NCCN3Cc3ccccc3)CC2)OCC1. The van der Waals surface area contributed by atoms with Gasteiger partial charge in [-0.15, -0.1) is 0 Å². The Bertz CT molecular complexity index is 769. The third kappa shape index (κ3) is 4.70. The molecule has 3 aliphatic heterocycles. The highest BCUT2D eigenvalue weighted by Crippen LogP contribution is 2.33. The summed E-state index contributed by atoms with van der Waals surface area (Å²) < 4.78 is 6.07. The van der Waals surface area contributed by atoms with Crippen molar-refractivity contribution in [2.24, 2.45) is 0 Å². The van der Waals surface area contributed by atoms with Crippen molar-refractivity contribution in [1.82, 2.24) is 15.1 Å². The molecule has 3 heterocycles. The van der Waals surface area contributed by atoms with Crippen LogP contribution in [0.1, 0.15) is 38.2 Å². The van der Waals surface area contributed by atoms with Crippen LogP contribution in [0.2, 0.25) is 0 Å². The molecule has 0 aromatic heterocycles. The quantitative estimate of drug-likeness (QED) is 0.791. The first-order valence-corrected chi connectivity index (χ1v) is 10.7. The number of amides is 2. The number of rotatable bonds is 4. The zero-order valence-electron chi connectivity index (χ0n) is 17.2. The number of ether oxygens (including phenoxy) is 1. The van der Waals surface area contributed by atoms with Gasteiger partial charge in [0.2, 0.25) is 11.8 Å². The lowest BCUT2D eigenvalue weighted by Crippen LogP contribution is -2.57. The third-order valence-corrected chi connectivity index (χ3v) is 6.40. The topological polar surface area (TPSA) is 61.9 Å².